The molecule has 0 aromatic carbocycles. The summed E-state index contributed by atoms with van der Waals surface area (Å²) in [5, 5.41) is 0. The monoisotopic (exact) mass is 243 g/mol. The zero-order chi connectivity index (χ0) is 11.0. The van der Waals surface area contributed by atoms with Crippen LogP contribution in [0.25, 0.3) is 0 Å². The third-order valence-electron chi connectivity index (χ3n) is 1.21. The Bertz CT molecular complexity index is 208. The zero-order valence-electron chi connectivity index (χ0n) is 8.76. The van der Waals surface area contributed by atoms with Crippen LogP contribution < -0.4 is 0 Å². The van der Waals surface area contributed by atoms with Gasteiger partial charge in [0.2, 0.25) is 8.03 Å². The van der Waals surface area contributed by atoms with Gasteiger partial charge in [0.1, 0.15) is 5.90 Å². The molecule has 0 rings (SSSR count). The van der Waals surface area contributed by atoms with Gasteiger partial charge in [-0.2, -0.15) is 0 Å². The molecule has 0 N–H and O–H groups in total. The highest BCUT2D eigenvalue weighted by molar-refractivity contribution is 7.65. The van der Waals surface area contributed by atoms with Gasteiger partial charge in [0, 0.05) is 0 Å². The minimum absolute atomic E-state index is 0.169. The normalized spacial score (nSPS) is 12.9. The molecule has 0 aliphatic carbocycles. The van der Waals surface area contributed by atoms with Crippen molar-refractivity contribution < 1.29 is 22.7 Å². The van der Waals surface area contributed by atoms with E-state index in [2.05, 4.69) is 0 Å². The highest BCUT2D eigenvalue weighted by Crippen LogP contribution is 2.54. The van der Waals surface area contributed by atoms with Gasteiger partial charge in [-0.05, 0) is 20.8 Å². The van der Waals surface area contributed by atoms with Crippen LogP contribution in [0.2, 0.25) is 0 Å². The maximum Gasteiger partial charge on any atom is 0.343 e. The Morgan fingerprint density at radius 2 is 1.57 bits per heavy atom. The molecule has 0 saturated carbocycles. The lowest BCUT2D eigenvalue weighted by Crippen LogP contribution is -1.98. The molecule has 1 atom stereocenters. The van der Waals surface area contributed by atoms with E-state index in [1.165, 1.54) is 0 Å². The van der Waals surface area contributed by atoms with Crippen molar-refractivity contribution in [2.45, 2.75) is 20.8 Å². The van der Waals surface area contributed by atoms with Crippen molar-refractivity contribution in [3.8, 4) is 0 Å². The quantitative estimate of drug-likeness (QED) is 0.613. The van der Waals surface area contributed by atoms with Gasteiger partial charge in [-0.25, -0.2) is 0 Å². The van der Waals surface area contributed by atoms with Gasteiger partial charge in [-0.1, -0.05) is 0 Å². The molecule has 0 heterocycles. The summed E-state index contributed by atoms with van der Waals surface area (Å²) >= 11 is 0. The highest BCUT2D eigenvalue weighted by Gasteiger charge is 2.27. The number of hydrogen-bond donors (Lipinski definition) is 0. The molecule has 0 amide bonds. The second-order valence-electron chi connectivity index (χ2n) is 2.34. The van der Waals surface area contributed by atoms with E-state index in [1.807, 2.05) is 0 Å². The highest BCUT2D eigenvalue weighted by atomic mass is 31.2. The molecule has 0 fully saturated rings. The minimum atomic E-state index is -3.21. The van der Waals surface area contributed by atoms with E-state index >= 15 is 0 Å². The summed E-state index contributed by atoms with van der Waals surface area (Å²) in [7, 11) is -5.17. The molecule has 85 valence electrons. The average Bonchev–Trinajstić information content (AvgIpc) is 2.04. The summed E-state index contributed by atoms with van der Waals surface area (Å²) in [5.41, 5.74) is 0. The largest absolute Gasteiger partial charge is 0.343 e. The molecule has 0 spiro atoms. The summed E-state index contributed by atoms with van der Waals surface area (Å²) in [6.07, 6.45) is 0. The van der Waals surface area contributed by atoms with Crippen LogP contribution in [-0.2, 0) is 22.7 Å². The third-order valence-corrected chi connectivity index (χ3v) is 5.37. The summed E-state index contributed by atoms with van der Waals surface area (Å²) in [4.78, 5) is 0. The van der Waals surface area contributed by atoms with Gasteiger partial charge in [-0.15, -0.1) is 0 Å². The Hall–Kier alpha value is 0.210. The van der Waals surface area contributed by atoms with Crippen LogP contribution in [0, 0.1) is 0 Å². The predicted octanol–water partition coefficient (Wildman–Crippen LogP) is 2.99. The molecule has 0 aromatic rings. The Morgan fingerprint density at radius 1 is 1.07 bits per heavy atom. The number of hydrogen-bond acceptors (Lipinski definition) is 5. The van der Waals surface area contributed by atoms with Gasteiger partial charge in [0.25, 0.3) is 0 Å². The summed E-state index contributed by atoms with van der Waals surface area (Å²) in [6, 6.07) is 0. The molecule has 0 aliphatic heterocycles. The first-order chi connectivity index (χ1) is 6.58. The van der Waals surface area contributed by atoms with Crippen LogP contribution in [0.5, 0.6) is 0 Å². The first-order valence-corrected chi connectivity index (χ1v) is 7.62. The number of rotatable bonds is 8. The van der Waals surface area contributed by atoms with Crippen molar-refractivity contribution in [3.05, 3.63) is 0 Å². The Kier molecular flexibility index (Phi) is 7.61. The standard InChI is InChI=1S/C7H17O5P2/c1-4-10-13(8)7-14(9,11-5-2)12-6-3/h4-7H2,1-3H3. The second kappa shape index (κ2) is 7.49. The van der Waals surface area contributed by atoms with Crippen molar-refractivity contribution in [1.82, 2.24) is 0 Å². The van der Waals surface area contributed by atoms with Crippen LogP contribution >= 0.6 is 15.6 Å². The van der Waals surface area contributed by atoms with Crippen LogP contribution in [0.4, 0.5) is 0 Å². The third kappa shape index (κ3) is 5.84. The SMILES string of the molecule is CCO[P](=O)CP(=O)(OCC)OCC. The fourth-order valence-electron chi connectivity index (χ4n) is 0.839. The molecule has 0 aromatic heterocycles. The lowest BCUT2D eigenvalue weighted by molar-refractivity contribution is 0.222. The molecule has 14 heavy (non-hydrogen) atoms. The van der Waals surface area contributed by atoms with Gasteiger partial charge in [-0.3, -0.25) is 9.13 Å². The maximum atomic E-state index is 11.8. The van der Waals surface area contributed by atoms with Gasteiger partial charge >= 0.3 is 7.60 Å². The van der Waals surface area contributed by atoms with Crippen LogP contribution in [-0.4, -0.2) is 25.7 Å². The van der Waals surface area contributed by atoms with E-state index in [4.69, 9.17) is 13.6 Å². The van der Waals surface area contributed by atoms with Crippen molar-refractivity contribution in [2.24, 2.45) is 0 Å². The Morgan fingerprint density at radius 3 is 1.93 bits per heavy atom. The lowest BCUT2D eigenvalue weighted by atomic mass is 10.9. The van der Waals surface area contributed by atoms with Gasteiger partial charge < -0.3 is 13.6 Å². The van der Waals surface area contributed by atoms with Gasteiger partial charge in [0.05, 0.1) is 19.8 Å². The van der Waals surface area contributed by atoms with Crippen molar-refractivity contribution in [1.29, 1.82) is 0 Å². The molecule has 0 bridgehead atoms. The van der Waals surface area contributed by atoms with Crippen LogP contribution in [0.3, 0.4) is 0 Å². The van der Waals surface area contributed by atoms with Gasteiger partial charge in [0.15, 0.2) is 0 Å². The lowest BCUT2D eigenvalue weighted by Gasteiger charge is -2.15. The zero-order valence-corrected chi connectivity index (χ0v) is 10.6. The van der Waals surface area contributed by atoms with Crippen molar-refractivity contribution in [2.75, 3.05) is 25.7 Å². The Balaban J connectivity index is 4.21. The van der Waals surface area contributed by atoms with E-state index in [1.54, 1.807) is 20.8 Å². The maximum absolute atomic E-state index is 11.8. The van der Waals surface area contributed by atoms with E-state index in [0.717, 1.165) is 0 Å². The molecule has 1 radical (unpaired) electrons. The van der Waals surface area contributed by atoms with E-state index in [-0.39, 0.29) is 19.1 Å². The summed E-state index contributed by atoms with van der Waals surface area (Å²) < 4.78 is 37.7. The molecule has 0 saturated heterocycles. The molecule has 0 aliphatic rings. The summed E-state index contributed by atoms with van der Waals surface area (Å²) in [5.74, 6) is -0.169. The average molecular weight is 243 g/mol. The van der Waals surface area contributed by atoms with Crippen molar-refractivity contribution >= 4 is 15.6 Å². The first kappa shape index (κ1) is 14.2. The molecular weight excluding hydrogens is 226 g/mol. The molecular formula is C7H17O5P2. The summed E-state index contributed by atoms with van der Waals surface area (Å²) in [6.45, 7) is 6.00. The second-order valence-corrected chi connectivity index (χ2v) is 6.13. The van der Waals surface area contributed by atoms with E-state index < -0.39 is 15.6 Å². The fraction of sp³-hybridized carbons (Fsp3) is 1.00. The van der Waals surface area contributed by atoms with Crippen LogP contribution in [0.1, 0.15) is 20.8 Å². The first-order valence-electron chi connectivity index (χ1n) is 4.53. The topological polar surface area (TPSA) is 61.8 Å². The fourth-order valence-corrected chi connectivity index (χ4v) is 4.10. The van der Waals surface area contributed by atoms with E-state index in [9.17, 15) is 9.13 Å². The molecule has 7 heteroatoms. The molecule has 1 unspecified atom stereocenters. The molecule has 5 nitrogen and oxygen atoms in total. The van der Waals surface area contributed by atoms with Crippen LogP contribution in [0.15, 0.2) is 0 Å². The van der Waals surface area contributed by atoms with Crippen molar-refractivity contribution in [3.63, 3.8) is 0 Å². The Labute approximate surface area is 85.5 Å². The minimum Gasteiger partial charge on any atom is -0.308 e. The predicted molar refractivity (Wildman–Crippen MR) is 55.0 cm³/mol. The van der Waals surface area contributed by atoms with E-state index in [0.29, 0.717) is 6.61 Å². The smallest absolute Gasteiger partial charge is 0.308 e.